The molecule has 8 rings (SSSR count). The van der Waals surface area contributed by atoms with Gasteiger partial charge in [-0.1, -0.05) is 178 Å². The summed E-state index contributed by atoms with van der Waals surface area (Å²) in [6.45, 7) is 9.90. The number of aromatic nitrogens is 4. The Balaban J connectivity index is 0.000000225. The van der Waals surface area contributed by atoms with Crippen molar-refractivity contribution in [3.63, 3.8) is 0 Å². The zero-order valence-corrected chi connectivity index (χ0v) is 38.2. The summed E-state index contributed by atoms with van der Waals surface area (Å²) >= 11 is 3.31. The van der Waals surface area contributed by atoms with Gasteiger partial charge in [-0.15, -0.1) is 0 Å². The summed E-state index contributed by atoms with van der Waals surface area (Å²) in [5.41, 5.74) is 20.4. The molecule has 63 heavy (non-hydrogen) atoms. The summed E-state index contributed by atoms with van der Waals surface area (Å²) < 4.78 is 2.39. The topological polar surface area (TPSA) is 136 Å². The van der Waals surface area contributed by atoms with Crippen LogP contribution in [-0.4, -0.2) is 35.9 Å². The number of nitrogen functional groups attached to an aromatic ring is 2. The number of carboxylic acid groups (broad SMARTS) is 1. The van der Waals surface area contributed by atoms with Gasteiger partial charge in [0.25, 0.3) is 0 Å². The van der Waals surface area contributed by atoms with E-state index in [2.05, 4.69) is 143 Å². The van der Waals surface area contributed by atoms with Crippen LogP contribution in [0.25, 0.3) is 22.1 Å². The maximum atomic E-state index is 10.2. The summed E-state index contributed by atoms with van der Waals surface area (Å²) in [5.74, 6) is 2.95. The lowest BCUT2D eigenvalue weighted by atomic mass is 10.1. The van der Waals surface area contributed by atoms with Crippen molar-refractivity contribution in [2.45, 2.75) is 80.2 Å². The van der Waals surface area contributed by atoms with Crippen molar-refractivity contribution in [2.75, 3.05) is 16.8 Å². The van der Waals surface area contributed by atoms with Crippen LogP contribution in [0.2, 0.25) is 0 Å². The molecule has 0 amide bonds. The lowest BCUT2D eigenvalue weighted by Crippen LogP contribution is -2.09. The summed E-state index contributed by atoms with van der Waals surface area (Å²) in [6, 6.07) is 54.6. The predicted octanol–water partition coefficient (Wildman–Crippen LogP) is 13.1. The van der Waals surface area contributed by atoms with Gasteiger partial charge in [0.15, 0.2) is 0 Å². The number of aryl methyl sites for hydroxylation is 5. The Bertz CT molecular complexity index is 2390. The number of fused-ring (bicyclic) bond motifs is 2. The van der Waals surface area contributed by atoms with E-state index in [1.807, 2.05) is 66.7 Å². The van der Waals surface area contributed by atoms with Gasteiger partial charge in [0, 0.05) is 31.1 Å². The monoisotopic (exact) mass is 910 g/mol. The lowest BCUT2D eigenvalue weighted by molar-refractivity contribution is -0.136. The molecule has 0 spiro atoms. The fourth-order valence-electron chi connectivity index (χ4n) is 6.22. The first-order chi connectivity index (χ1) is 30.0. The van der Waals surface area contributed by atoms with Crippen LogP contribution >= 0.6 is 15.9 Å². The van der Waals surface area contributed by atoms with E-state index in [1.54, 1.807) is 12.1 Å². The minimum absolute atomic E-state index is 0. The number of aliphatic carboxylic acids is 1. The molecule has 6 aromatic carbocycles. The van der Waals surface area contributed by atoms with Crippen molar-refractivity contribution in [3.8, 4) is 0 Å². The van der Waals surface area contributed by atoms with E-state index in [9.17, 15) is 4.79 Å². The van der Waals surface area contributed by atoms with Crippen LogP contribution in [-0.2, 0) is 43.4 Å². The molecular formula is C54H67BrN6O2. The van der Waals surface area contributed by atoms with Gasteiger partial charge in [-0.25, -0.2) is 9.97 Å². The van der Waals surface area contributed by atoms with Crippen LogP contribution in [0, 0.1) is 11.8 Å². The van der Waals surface area contributed by atoms with E-state index < -0.39 is 5.97 Å². The molecule has 0 aliphatic carbocycles. The molecule has 0 saturated heterocycles. The van der Waals surface area contributed by atoms with Gasteiger partial charge in [0.05, 0.1) is 33.4 Å². The van der Waals surface area contributed by atoms with Crippen molar-refractivity contribution < 1.29 is 9.90 Å². The van der Waals surface area contributed by atoms with Crippen molar-refractivity contribution in [2.24, 2.45) is 11.8 Å². The quantitative estimate of drug-likeness (QED) is 0.0712. The Morgan fingerprint density at radius 2 is 1.03 bits per heavy atom. The van der Waals surface area contributed by atoms with E-state index in [4.69, 9.17) is 21.6 Å². The number of halogens is 1. The first-order valence-corrected chi connectivity index (χ1v) is 22.5. The first kappa shape index (κ1) is 51.2. The number of nitrogens with one attached hydrogen (secondary N) is 1. The molecule has 0 fully saturated rings. The van der Waals surface area contributed by atoms with Crippen LogP contribution in [0.3, 0.4) is 0 Å². The summed E-state index contributed by atoms with van der Waals surface area (Å²) in [5, 5.41) is 9.49. The van der Waals surface area contributed by atoms with Gasteiger partial charge in [-0.2, -0.15) is 0 Å². The second-order valence-corrected chi connectivity index (χ2v) is 16.4. The number of hydrogen-bond acceptors (Lipinski definition) is 5. The van der Waals surface area contributed by atoms with Crippen LogP contribution in [0.1, 0.15) is 69.9 Å². The molecular weight excluding hydrogens is 845 g/mol. The standard InChI is InChI=1S/C19H22N2.C15H14N2.C9H10O2.C6H8N2.C4H9Br.CH4/c1-15(2)14-21-18-11-7-6-10-17(18)20-19(21)13-12-16-8-4-3-5-9-16;1-2-6-12(7-3-1)10-11-15-16-13-8-4-5-9-14(13)17-15;10-9(11)7-6-8-4-2-1-3-5-8;7-5-3-1-2-4-6(5)8;1-4(2)3-5;/h3-11,15H,12-14H2,1-2H3;1-9H,10-11H2,(H,16,17);1-5H,6-7H2,(H,10,11);1-4H,7-8H2;4H,3H2,1-2H3;1H4. The first-order valence-electron chi connectivity index (χ1n) is 21.4. The largest absolute Gasteiger partial charge is 0.481 e. The average Bonchev–Trinajstić information content (AvgIpc) is 3.87. The maximum absolute atomic E-state index is 10.2. The molecule has 332 valence electrons. The molecule has 2 aromatic heterocycles. The number of para-hydroxylation sites is 6. The highest BCUT2D eigenvalue weighted by molar-refractivity contribution is 9.09. The Morgan fingerprint density at radius 3 is 1.51 bits per heavy atom. The summed E-state index contributed by atoms with van der Waals surface area (Å²) in [7, 11) is 0. The number of carboxylic acids is 1. The third kappa shape index (κ3) is 19.2. The molecule has 0 aliphatic rings. The van der Waals surface area contributed by atoms with Crippen LogP contribution in [0.4, 0.5) is 11.4 Å². The zero-order chi connectivity index (χ0) is 44.5. The van der Waals surface area contributed by atoms with Gasteiger partial charge in [-0.05, 0) is 84.2 Å². The van der Waals surface area contributed by atoms with Crippen molar-refractivity contribution in [3.05, 3.63) is 192 Å². The summed E-state index contributed by atoms with van der Waals surface area (Å²) in [4.78, 5) is 22.9. The van der Waals surface area contributed by atoms with E-state index >= 15 is 0 Å². The molecule has 0 aliphatic heterocycles. The number of anilines is 2. The fraction of sp³-hybridized carbons (Fsp3) is 0.278. The third-order valence-electron chi connectivity index (χ3n) is 9.47. The number of nitrogens with two attached hydrogens (primary N) is 2. The number of aromatic amines is 1. The number of imidazole rings is 2. The lowest BCUT2D eigenvalue weighted by Gasteiger charge is -2.11. The Hall–Kier alpha value is -6.19. The smallest absolute Gasteiger partial charge is 0.303 e. The Kier molecular flexibility index (Phi) is 23.1. The fourth-order valence-corrected chi connectivity index (χ4v) is 6.22. The van der Waals surface area contributed by atoms with Gasteiger partial charge in [-0.3, -0.25) is 4.79 Å². The molecule has 0 unspecified atom stereocenters. The summed E-state index contributed by atoms with van der Waals surface area (Å²) in [6.07, 6.45) is 4.85. The SMILES string of the molecule is C.CC(C)CBr.CC(C)Cn1c(CCc2ccccc2)nc2ccccc21.Nc1ccccc1N.O=C(O)CCc1ccccc1.c1ccc(CCc2nc3ccccc3[nH]2)cc1. The molecule has 0 bridgehead atoms. The third-order valence-corrected chi connectivity index (χ3v) is 10.8. The minimum atomic E-state index is -0.742. The number of rotatable bonds is 12. The number of carbonyl (C=O) groups is 1. The van der Waals surface area contributed by atoms with E-state index in [1.165, 1.54) is 22.5 Å². The van der Waals surface area contributed by atoms with Crippen LogP contribution < -0.4 is 11.5 Å². The van der Waals surface area contributed by atoms with E-state index in [0.29, 0.717) is 23.7 Å². The molecule has 0 atom stereocenters. The predicted molar refractivity (Wildman–Crippen MR) is 271 cm³/mol. The number of H-pyrrole nitrogens is 1. The van der Waals surface area contributed by atoms with Gasteiger partial charge < -0.3 is 26.1 Å². The van der Waals surface area contributed by atoms with Crippen molar-refractivity contribution >= 4 is 55.3 Å². The minimum Gasteiger partial charge on any atom is -0.481 e. The van der Waals surface area contributed by atoms with E-state index in [0.717, 1.165) is 71.4 Å². The number of hydrogen-bond donors (Lipinski definition) is 4. The molecule has 6 N–H and O–H groups in total. The second kappa shape index (κ2) is 28.4. The second-order valence-electron chi connectivity index (χ2n) is 15.7. The molecule has 8 aromatic rings. The highest BCUT2D eigenvalue weighted by Gasteiger charge is 2.11. The maximum Gasteiger partial charge on any atom is 0.303 e. The van der Waals surface area contributed by atoms with Crippen molar-refractivity contribution in [1.82, 2.24) is 19.5 Å². The van der Waals surface area contributed by atoms with E-state index in [-0.39, 0.29) is 13.8 Å². The van der Waals surface area contributed by atoms with Crippen LogP contribution in [0.15, 0.2) is 164 Å². The highest BCUT2D eigenvalue weighted by Crippen LogP contribution is 2.19. The molecule has 0 radical (unpaired) electrons. The molecule has 2 heterocycles. The van der Waals surface area contributed by atoms with Crippen molar-refractivity contribution in [1.29, 1.82) is 0 Å². The number of nitrogens with zero attached hydrogens (tertiary/aromatic N) is 3. The Morgan fingerprint density at radius 1 is 0.587 bits per heavy atom. The van der Waals surface area contributed by atoms with Crippen LogP contribution in [0.5, 0.6) is 0 Å². The normalized spacial score (nSPS) is 10.3. The number of benzene rings is 6. The zero-order valence-electron chi connectivity index (χ0n) is 36.6. The Labute approximate surface area is 384 Å². The average molecular weight is 912 g/mol. The number of alkyl halides is 1. The van der Waals surface area contributed by atoms with Gasteiger partial charge in [0.2, 0.25) is 0 Å². The molecule has 9 heteroatoms. The van der Waals surface area contributed by atoms with Gasteiger partial charge in [0.1, 0.15) is 11.6 Å². The highest BCUT2D eigenvalue weighted by atomic mass is 79.9. The van der Waals surface area contributed by atoms with Gasteiger partial charge >= 0.3 is 5.97 Å². The molecule has 8 nitrogen and oxygen atoms in total. The molecule has 0 saturated carbocycles.